The van der Waals surface area contributed by atoms with Crippen LogP contribution in [0.3, 0.4) is 0 Å². The average Bonchev–Trinajstić information content (AvgIpc) is 2.38. The minimum atomic E-state index is -0.0142. The number of nitrogens with zero attached hydrogens (tertiary/aromatic N) is 1. The summed E-state index contributed by atoms with van der Waals surface area (Å²) < 4.78 is 5.12. The van der Waals surface area contributed by atoms with Crippen molar-refractivity contribution < 1.29 is 9.53 Å². The normalized spacial score (nSPS) is 10.2. The molecule has 88 valence electrons. The van der Waals surface area contributed by atoms with E-state index in [-0.39, 0.29) is 5.91 Å². The molecule has 0 aliphatic carbocycles. The zero-order chi connectivity index (χ0) is 12.3. The molecule has 1 aromatic heterocycles. The van der Waals surface area contributed by atoms with Crippen molar-refractivity contribution in [2.45, 2.75) is 13.3 Å². The number of anilines is 1. The fourth-order valence-corrected chi connectivity index (χ4v) is 1.55. The number of benzene rings is 1. The smallest absolute Gasteiger partial charge is 0.224 e. The number of carbonyl (C=O) groups excluding carboxylic acids is 1. The first-order valence-electron chi connectivity index (χ1n) is 5.46. The van der Waals surface area contributed by atoms with Gasteiger partial charge in [0.15, 0.2) is 0 Å². The van der Waals surface area contributed by atoms with E-state index in [2.05, 4.69) is 10.3 Å². The molecule has 0 atom stereocenters. The predicted molar refractivity (Wildman–Crippen MR) is 67.2 cm³/mol. The highest BCUT2D eigenvalue weighted by molar-refractivity contribution is 5.93. The molecule has 0 bridgehead atoms. The van der Waals surface area contributed by atoms with Crippen molar-refractivity contribution in [3.05, 3.63) is 30.5 Å². The number of nitrogens with one attached hydrogen (secondary N) is 1. The average molecular weight is 230 g/mol. The summed E-state index contributed by atoms with van der Waals surface area (Å²) in [6.45, 7) is 1.81. The lowest BCUT2D eigenvalue weighted by Gasteiger charge is -2.05. The van der Waals surface area contributed by atoms with E-state index in [4.69, 9.17) is 4.74 Å². The van der Waals surface area contributed by atoms with Crippen molar-refractivity contribution in [3.8, 4) is 5.75 Å². The molecule has 2 aromatic rings. The van der Waals surface area contributed by atoms with Crippen molar-refractivity contribution in [3.63, 3.8) is 0 Å². The van der Waals surface area contributed by atoms with E-state index in [0.717, 1.165) is 22.3 Å². The van der Waals surface area contributed by atoms with Gasteiger partial charge in [-0.25, -0.2) is 0 Å². The van der Waals surface area contributed by atoms with Crippen LogP contribution in [0.25, 0.3) is 10.9 Å². The maximum absolute atomic E-state index is 11.3. The van der Waals surface area contributed by atoms with Gasteiger partial charge in [-0.2, -0.15) is 0 Å². The zero-order valence-electron chi connectivity index (χ0n) is 9.86. The molecular weight excluding hydrogens is 216 g/mol. The second kappa shape index (κ2) is 4.82. The van der Waals surface area contributed by atoms with E-state index in [1.54, 1.807) is 13.3 Å². The minimum absolute atomic E-state index is 0.0142. The van der Waals surface area contributed by atoms with Gasteiger partial charge in [-0.05, 0) is 18.2 Å². The van der Waals surface area contributed by atoms with Gasteiger partial charge in [0.2, 0.25) is 5.91 Å². The Kier molecular flexibility index (Phi) is 3.23. The predicted octanol–water partition coefficient (Wildman–Crippen LogP) is 2.59. The van der Waals surface area contributed by atoms with E-state index in [9.17, 15) is 4.79 Å². The SMILES string of the molecule is CCC(=O)Nc1cnc2cc(OC)ccc2c1. The van der Waals surface area contributed by atoms with Gasteiger partial charge in [-0.1, -0.05) is 6.92 Å². The molecule has 0 fully saturated rings. The molecule has 4 heteroatoms. The van der Waals surface area contributed by atoms with E-state index in [0.29, 0.717) is 6.42 Å². The number of hydrogen-bond acceptors (Lipinski definition) is 3. The van der Waals surface area contributed by atoms with Crippen LogP contribution < -0.4 is 10.1 Å². The molecule has 2 rings (SSSR count). The number of methoxy groups -OCH3 is 1. The molecule has 0 radical (unpaired) electrons. The summed E-state index contributed by atoms with van der Waals surface area (Å²) >= 11 is 0. The summed E-state index contributed by atoms with van der Waals surface area (Å²) in [7, 11) is 1.62. The first kappa shape index (κ1) is 11.4. The summed E-state index contributed by atoms with van der Waals surface area (Å²) in [5.74, 6) is 0.759. The lowest BCUT2D eigenvalue weighted by Crippen LogP contribution is -2.09. The molecule has 1 heterocycles. The first-order valence-corrected chi connectivity index (χ1v) is 5.46. The number of aromatic nitrogens is 1. The van der Waals surface area contributed by atoms with Crippen LogP contribution in [0, 0.1) is 0 Å². The summed E-state index contributed by atoms with van der Waals surface area (Å²) in [5, 5.41) is 3.75. The highest BCUT2D eigenvalue weighted by Gasteiger charge is 2.02. The number of carbonyl (C=O) groups is 1. The Balaban J connectivity index is 2.34. The number of pyridine rings is 1. The van der Waals surface area contributed by atoms with Crippen LogP contribution in [-0.2, 0) is 4.79 Å². The molecule has 0 aliphatic rings. The number of rotatable bonds is 3. The van der Waals surface area contributed by atoms with E-state index in [1.165, 1.54) is 0 Å². The maximum Gasteiger partial charge on any atom is 0.224 e. The third-order valence-corrected chi connectivity index (χ3v) is 2.50. The highest BCUT2D eigenvalue weighted by atomic mass is 16.5. The molecule has 0 saturated carbocycles. The Hall–Kier alpha value is -2.10. The Morgan fingerprint density at radius 3 is 2.94 bits per heavy atom. The van der Waals surface area contributed by atoms with Gasteiger partial charge in [-0.15, -0.1) is 0 Å². The topological polar surface area (TPSA) is 51.2 Å². The second-order valence-corrected chi connectivity index (χ2v) is 3.68. The highest BCUT2D eigenvalue weighted by Crippen LogP contribution is 2.21. The lowest BCUT2D eigenvalue weighted by atomic mass is 10.2. The number of ether oxygens (including phenoxy) is 1. The van der Waals surface area contributed by atoms with Gasteiger partial charge in [0.05, 0.1) is 24.5 Å². The van der Waals surface area contributed by atoms with Crippen molar-refractivity contribution in [1.29, 1.82) is 0 Å². The Morgan fingerprint density at radius 2 is 2.24 bits per heavy atom. The number of hydrogen-bond donors (Lipinski definition) is 1. The third kappa shape index (κ3) is 2.53. The van der Waals surface area contributed by atoms with Crippen LogP contribution in [0.1, 0.15) is 13.3 Å². The van der Waals surface area contributed by atoms with Crippen molar-refractivity contribution in [2.24, 2.45) is 0 Å². The quantitative estimate of drug-likeness (QED) is 0.881. The molecule has 1 aromatic carbocycles. The summed E-state index contributed by atoms with van der Waals surface area (Å²) in [5.41, 5.74) is 1.56. The molecule has 1 N–H and O–H groups in total. The fourth-order valence-electron chi connectivity index (χ4n) is 1.55. The molecule has 1 amide bonds. The number of amides is 1. The lowest BCUT2D eigenvalue weighted by molar-refractivity contribution is -0.115. The fraction of sp³-hybridized carbons (Fsp3) is 0.231. The van der Waals surface area contributed by atoms with Gasteiger partial charge in [0.1, 0.15) is 5.75 Å². The van der Waals surface area contributed by atoms with Crippen LogP contribution in [0.2, 0.25) is 0 Å². The van der Waals surface area contributed by atoms with E-state index >= 15 is 0 Å². The minimum Gasteiger partial charge on any atom is -0.497 e. The second-order valence-electron chi connectivity index (χ2n) is 3.68. The van der Waals surface area contributed by atoms with Crippen LogP contribution in [0.4, 0.5) is 5.69 Å². The number of fused-ring (bicyclic) bond motifs is 1. The van der Waals surface area contributed by atoms with Gasteiger partial charge in [0, 0.05) is 17.9 Å². The third-order valence-electron chi connectivity index (χ3n) is 2.50. The van der Waals surface area contributed by atoms with Crippen LogP contribution >= 0.6 is 0 Å². The van der Waals surface area contributed by atoms with E-state index < -0.39 is 0 Å². The monoisotopic (exact) mass is 230 g/mol. The largest absolute Gasteiger partial charge is 0.497 e. The standard InChI is InChI=1S/C13H14N2O2/c1-3-13(16)15-10-6-9-4-5-11(17-2)7-12(9)14-8-10/h4-8H,3H2,1-2H3,(H,15,16). The Bertz CT molecular complexity index is 552. The molecule has 17 heavy (non-hydrogen) atoms. The molecule has 0 saturated heterocycles. The Labute approximate surface area is 99.6 Å². The van der Waals surface area contributed by atoms with Gasteiger partial charge < -0.3 is 10.1 Å². The van der Waals surface area contributed by atoms with Crippen LogP contribution in [0.15, 0.2) is 30.5 Å². The summed E-state index contributed by atoms with van der Waals surface area (Å²) in [4.78, 5) is 15.5. The maximum atomic E-state index is 11.3. The Morgan fingerprint density at radius 1 is 1.41 bits per heavy atom. The van der Waals surface area contributed by atoms with Crippen LogP contribution in [-0.4, -0.2) is 18.0 Å². The van der Waals surface area contributed by atoms with Gasteiger partial charge >= 0.3 is 0 Å². The van der Waals surface area contributed by atoms with E-state index in [1.807, 2.05) is 31.2 Å². The van der Waals surface area contributed by atoms with Gasteiger partial charge in [-0.3, -0.25) is 9.78 Å². The summed E-state index contributed by atoms with van der Waals surface area (Å²) in [6.07, 6.45) is 2.11. The first-order chi connectivity index (χ1) is 8.22. The summed E-state index contributed by atoms with van der Waals surface area (Å²) in [6, 6.07) is 7.55. The molecule has 0 unspecified atom stereocenters. The molecule has 0 aliphatic heterocycles. The van der Waals surface area contributed by atoms with Crippen LogP contribution in [0.5, 0.6) is 5.75 Å². The zero-order valence-corrected chi connectivity index (χ0v) is 9.86. The molecule has 4 nitrogen and oxygen atoms in total. The van der Waals surface area contributed by atoms with Crippen molar-refractivity contribution >= 4 is 22.5 Å². The van der Waals surface area contributed by atoms with Crippen molar-refractivity contribution in [1.82, 2.24) is 4.98 Å². The van der Waals surface area contributed by atoms with Gasteiger partial charge in [0.25, 0.3) is 0 Å². The molecule has 0 spiro atoms. The van der Waals surface area contributed by atoms with Crippen molar-refractivity contribution in [2.75, 3.05) is 12.4 Å². The molecular formula is C13H14N2O2.